The zero-order valence-corrected chi connectivity index (χ0v) is 16.0. The van der Waals surface area contributed by atoms with Gasteiger partial charge in [0.15, 0.2) is 0 Å². The van der Waals surface area contributed by atoms with Gasteiger partial charge in [0.05, 0.1) is 0 Å². The van der Waals surface area contributed by atoms with Crippen molar-refractivity contribution >= 4 is 46.6 Å². The van der Waals surface area contributed by atoms with Crippen molar-refractivity contribution in [3.05, 3.63) is 56.9 Å². The van der Waals surface area contributed by atoms with Gasteiger partial charge in [-0.15, -0.1) is 22.7 Å². The van der Waals surface area contributed by atoms with E-state index in [9.17, 15) is 9.59 Å². The maximum Gasteiger partial charge on any atom is 0.244 e. The van der Waals surface area contributed by atoms with Gasteiger partial charge in [-0.3, -0.25) is 9.59 Å². The molecule has 1 fully saturated rings. The smallest absolute Gasteiger partial charge is 0.244 e. The number of amides is 2. The molecule has 4 nitrogen and oxygen atoms in total. The van der Waals surface area contributed by atoms with Crippen molar-refractivity contribution in [3.63, 3.8) is 0 Å². The van der Waals surface area contributed by atoms with Crippen LogP contribution in [0.5, 0.6) is 0 Å². The molecule has 2 aromatic rings. The van der Waals surface area contributed by atoms with Crippen molar-refractivity contribution in [2.24, 2.45) is 0 Å². The van der Waals surface area contributed by atoms with E-state index in [4.69, 9.17) is 0 Å². The first-order chi connectivity index (χ1) is 12.7. The van der Waals surface area contributed by atoms with E-state index in [0.29, 0.717) is 0 Å². The number of rotatable bonds is 6. The first-order valence-corrected chi connectivity index (χ1v) is 10.5. The van der Waals surface area contributed by atoms with Gasteiger partial charge >= 0.3 is 0 Å². The molecule has 0 aliphatic heterocycles. The Hall–Kier alpha value is -2.18. The molecular weight excluding hydrogens is 364 g/mol. The summed E-state index contributed by atoms with van der Waals surface area (Å²) in [5, 5.41) is 10.1. The lowest BCUT2D eigenvalue weighted by Gasteiger charge is -2.32. The normalized spacial score (nSPS) is 20.5. The molecular formula is C20H22N2O2S2. The molecule has 0 spiro atoms. The second kappa shape index (κ2) is 9.50. The molecule has 2 N–H and O–H groups in total. The molecule has 2 atom stereocenters. The minimum atomic E-state index is -0.112. The van der Waals surface area contributed by atoms with E-state index in [1.807, 2.05) is 47.2 Å². The zero-order valence-electron chi connectivity index (χ0n) is 14.4. The summed E-state index contributed by atoms with van der Waals surface area (Å²) in [6, 6.07) is 7.81. The molecule has 0 radical (unpaired) electrons. The monoisotopic (exact) mass is 386 g/mol. The van der Waals surface area contributed by atoms with E-state index in [0.717, 1.165) is 35.4 Å². The van der Waals surface area contributed by atoms with E-state index in [-0.39, 0.29) is 23.9 Å². The van der Waals surface area contributed by atoms with E-state index < -0.39 is 0 Å². The number of hydrogen-bond donors (Lipinski definition) is 2. The van der Waals surface area contributed by atoms with Crippen LogP contribution in [0, 0.1) is 0 Å². The third-order valence-corrected chi connectivity index (χ3v) is 5.98. The molecule has 136 valence electrons. The van der Waals surface area contributed by atoms with E-state index >= 15 is 0 Å². The summed E-state index contributed by atoms with van der Waals surface area (Å²) in [6.45, 7) is 0. The average Bonchev–Trinajstić information content (AvgIpc) is 3.34. The Labute approximate surface area is 161 Å². The third kappa shape index (κ3) is 5.68. The summed E-state index contributed by atoms with van der Waals surface area (Å²) in [7, 11) is 0. The molecule has 0 unspecified atom stereocenters. The van der Waals surface area contributed by atoms with Gasteiger partial charge in [0, 0.05) is 34.0 Å². The van der Waals surface area contributed by atoms with Crippen LogP contribution in [0.2, 0.25) is 0 Å². The lowest BCUT2D eigenvalue weighted by atomic mass is 9.90. The van der Waals surface area contributed by atoms with Crippen molar-refractivity contribution < 1.29 is 9.59 Å². The number of thiophene rings is 2. The van der Waals surface area contributed by atoms with E-state index in [1.165, 1.54) is 0 Å². The van der Waals surface area contributed by atoms with Crippen LogP contribution in [0.25, 0.3) is 12.2 Å². The summed E-state index contributed by atoms with van der Waals surface area (Å²) in [4.78, 5) is 26.5. The fourth-order valence-electron chi connectivity index (χ4n) is 3.03. The number of carbonyl (C=O) groups is 2. The number of nitrogens with one attached hydrogen (secondary N) is 2. The Morgan fingerprint density at radius 1 is 0.846 bits per heavy atom. The van der Waals surface area contributed by atoms with Gasteiger partial charge in [-0.05, 0) is 47.9 Å². The molecule has 1 aliphatic carbocycles. The predicted octanol–water partition coefficient (Wildman–Crippen LogP) is 4.08. The van der Waals surface area contributed by atoms with Gasteiger partial charge < -0.3 is 10.6 Å². The van der Waals surface area contributed by atoms with Crippen LogP contribution < -0.4 is 10.6 Å². The molecule has 0 saturated heterocycles. The topological polar surface area (TPSA) is 58.2 Å². The summed E-state index contributed by atoms with van der Waals surface area (Å²) >= 11 is 3.19. The van der Waals surface area contributed by atoms with Crippen molar-refractivity contribution in [2.45, 2.75) is 37.8 Å². The number of carbonyl (C=O) groups excluding carboxylic acids is 2. The van der Waals surface area contributed by atoms with Crippen LogP contribution in [0.15, 0.2) is 47.2 Å². The minimum absolute atomic E-state index is 0.0247. The van der Waals surface area contributed by atoms with Crippen LogP contribution in [-0.2, 0) is 9.59 Å². The summed E-state index contributed by atoms with van der Waals surface area (Å²) in [6.07, 6.45) is 10.7. The third-order valence-electron chi connectivity index (χ3n) is 4.31. The van der Waals surface area contributed by atoms with Crippen LogP contribution in [0.1, 0.15) is 35.4 Å². The van der Waals surface area contributed by atoms with Crippen molar-refractivity contribution in [1.82, 2.24) is 10.6 Å². The lowest BCUT2D eigenvalue weighted by Crippen LogP contribution is -2.52. The summed E-state index contributed by atoms with van der Waals surface area (Å²) in [5.41, 5.74) is 0. The van der Waals surface area contributed by atoms with Gasteiger partial charge in [0.1, 0.15) is 0 Å². The Balaban J connectivity index is 1.53. The Morgan fingerprint density at radius 3 is 1.69 bits per heavy atom. The maximum atomic E-state index is 12.2. The highest BCUT2D eigenvalue weighted by Crippen LogP contribution is 2.19. The average molecular weight is 387 g/mol. The standard InChI is InChI=1S/C20H22N2O2S2/c23-19(11-9-15-5-3-13-25-15)21-17-7-1-2-8-18(17)22-20(24)12-10-16-6-4-14-26-16/h3-6,9-14,17-18H,1-2,7-8H2,(H,21,23)(H,22,24)/b11-9+,12-10+/t17-,18-/m0/s1. The van der Waals surface area contributed by atoms with Gasteiger partial charge in [0.2, 0.25) is 11.8 Å². The zero-order chi connectivity index (χ0) is 18.2. The predicted molar refractivity (Wildman–Crippen MR) is 109 cm³/mol. The molecule has 3 rings (SSSR count). The van der Waals surface area contributed by atoms with Crippen LogP contribution in [-0.4, -0.2) is 23.9 Å². The molecule has 0 aromatic carbocycles. The van der Waals surface area contributed by atoms with Crippen LogP contribution in [0.3, 0.4) is 0 Å². The minimum Gasteiger partial charge on any atom is -0.348 e. The molecule has 6 heteroatoms. The molecule has 1 saturated carbocycles. The molecule has 26 heavy (non-hydrogen) atoms. The maximum absolute atomic E-state index is 12.2. The van der Waals surface area contributed by atoms with Crippen LogP contribution >= 0.6 is 22.7 Å². The summed E-state index contributed by atoms with van der Waals surface area (Å²) < 4.78 is 0. The van der Waals surface area contributed by atoms with Gasteiger partial charge in [-0.1, -0.05) is 25.0 Å². The van der Waals surface area contributed by atoms with E-state index in [2.05, 4.69) is 10.6 Å². The highest BCUT2D eigenvalue weighted by Gasteiger charge is 2.26. The highest BCUT2D eigenvalue weighted by molar-refractivity contribution is 7.11. The fourth-order valence-corrected chi connectivity index (χ4v) is 4.26. The second-order valence-corrected chi connectivity index (χ2v) is 8.17. The van der Waals surface area contributed by atoms with Crippen molar-refractivity contribution in [2.75, 3.05) is 0 Å². The molecule has 1 aliphatic rings. The molecule has 2 aromatic heterocycles. The van der Waals surface area contributed by atoms with Crippen molar-refractivity contribution in [1.29, 1.82) is 0 Å². The first-order valence-electron chi connectivity index (χ1n) is 8.75. The first kappa shape index (κ1) is 18.6. The Morgan fingerprint density at radius 2 is 1.31 bits per heavy atom. The number of hydrogen-bond acceptors (Lipinski definition) is 4. The van der Waals surface area contributed by atoms with Crippen LogP contribution in [0.4, 0.5) is 0 Å². The molecule has 2 amide bonds. The quantitative estimate of drug-likeness (QED) is 0.735. The van der Waals surface area contributed by atoms with E-state index in [1.54, 1.807) is 34.8 Å². The van der Waals surface area contributed by atoms with Gasteiger partial charge in [0.25, 0.3) is 0 Å². The summed E-state index contributed by atoms with van der Waals surface area (Å²) in [5.74, 6) is -0.225. The van der Waals surface area contributed by atoms with Gasteiger partial charge in [-0.2, -0.15) is 0 Å². The van der Waals surface area contributed by atoms with Gasteiger partial charge in [-0.25, -0.2) is 0 Å². The fraction of sp³-hybridized carbons (Fsp3) is 0.300. The Kier molecular flexibility index (Phi) is 6.80. The molecule has 0 bridgehead atoms. The second-order valence-electron chi connectivity index (χ2n) is 6.21. The highest BCUT2D eigenvalue weighted by atomic mass is 32.1. The lowest BCUT2D eigenvalue weighted by molar-refractivity contribution is -0.120. The van der Waals surface area contributed by atoms with Crippen molar-refractivity contribution in [3.8, 4) is 0 Å². The molecule has 2 heterocycles. The Bertz CT molecular complexity index is 698. The largest absolute Gasteiger partial charge is 0.348 e. The SMILES string of the molecule is O=C(/C=C/c1cccs1)N[C@H]1CCCC[C@@H]1NC(=O)/C=C/c1cccs1.